The Morgan fingerprint density at radius 2 is 1.81 bits per heavy atom. The SMILES string of the molecule is CCC(C)CC(CC)CN1CCC([C@@](C#N)(c2ccccc2)[C@H]2CCCC2OC)CC1. The van der Waals surface area contributed by atoms with Crippen LogP contribution in [0.15, 0.2) is 30.3 Å². The molecule has 1 heterocycles. The lowest BCUT2D eigenvalue weighted by Crippen LogP contribution is -2.49. The van der Waals surface area contributed by atoms with Crippen LogP contribution in [0.2, 0.25) is 0 Å². The van der Waals surface area contributed by atoms with Crippen molar-refractivity contribution < 1.29 is 4.74 Å². The molecule has 3 heteroatoms. The molecule has 3 nitrogen and oxygen atoms in total. The smallest absolute Gasteiger partial charge is 0.0904 e. The van der Waals surface area contributed by atoms with Crippen LogP contribution in [0.3, 0.4) is 0 Å². The highest BCUT2D eigenvalue weighted by Crippen LogP contribution is 2.50. The first-order valence-electron chi connectivity index (χ1n) is 12.8. The van der Waals surface area contributed by atoms with Gasteiger partial charge in [0.1, 0.15) is 0 Å². The number of ether oxygens (including phenoxy) is 1. The van der Waals surface area contributed by atoms with Gasteiger partial charge in [-0.1, -0.05) is 70.4 Å². The fourth-order valence-electron chi connectivity index (χ4n) is 6.48. The summed E-state index contributed by atoms with van der Waals surface area (Å²) in [4.78, 5) is 2.68. The Bertz CT molecular complexity index is 691. The van der Waals surface area contributed by atoms with Crippen LogP contribution in [0, 0.1) is 35.0 Å². The zero-order valence-electron chi connectivity index (χ0n) is 20.4. The first kappa shape index (κ1) is 24.3. The predicted molar refractivity (Wildman–Crippen MR) is 129 cm³/mol. The van der Waals surface area contributed by atoms with Gasteiger partial charge < -0.3 is 9.64 Å². The zero-order chi connectivity index (χ0) is 22.3. The van der Waals surface area contributed by atoms with Gasteiger partial charge in [-0.25, -0.2) is 0 Å². The van der Waals surface area contributed by atoms with Gasteiger partial charge in [0, 0.05) is 19.6 Å². The lowest BCUT2D eigenvalue weighted by molar-refractivity contribution is 0.0193. The Labute approximate surface area is 191 Å². The van der Waals surface area contributed by atoms with Crippen molar-refractivity contribution in [3.63, 3.8) is 0 Å². The van der Waals surface area contributed by atoms with Crippen molar-refractivity contribution in [1.82, 2.24) is 4.90 Å². The van der Waals surface area contributed by atoms with Crippen LogP contribution in [-0.4, -0.2) is 37.7 Å². The summed E-state index contributed by atoms with van der Waals surface area (Å²) < 4.78 is 5.92. The van der Waals surface area contributed by atoms with E-state index in [4.69, 9.17) is 4.74 Å². The molecule has 2 aliphatic rings. The first-order chi connectivity index (χ1) is 15.1. The zero-order valence-corrected chi connectivity index (χ0v) is 20.4. The number of methoxy groups -OCH3 is 1. The standard InChI is InChI=1S/C28H44N2O/c1-5-22(3)19-23(6-2)20-30-17-15-25(16-18-30)28(21-29,24-11-8-7-9-12-24)26-13-10-14-27(26)31-4/h7-9,11-12,22-23,25-27H,5-6,10,13-20H2,1-4H3/t22?,23?,26-,27?,28+/m0/s1. The molecule has 1 saturated carbocycles. The quantitative estimate of drug-likeness (QED) is 0.434. The Hall–Kier alpha value is -1.37. The second-order valence-electron chi connectivity index (χ2n) is 10.3. The number of benzene rings is 1. The highest BCUT2D eigenvalue weighted by Gasteiger charge is 2.52. The molecule has 0 N–H and O–H groups in total. The van der Waals surface area contributed by atoms with Gasteiger partial charge in [0.25, 0.3) is 0 Å². The Balaban J connectivity index is 1.76. The molecule has 1 aromatic rings. The van der Waals surface area contributed by atoms with Crippen LogP contribution in [0.4, 0.5) is 0 Å². The van der Waals surface area contributed by atoms with E-state index < -0.39 is 5.41 Å². The molecule has 0 spiro atoms. The van der Waals surface area contributed by atoms with Crippen LogP contribution in [0.25, 0.3) is 0 Å². The lowest BCUT2D eigenvalue weighted by Gasteiger charge is -2.46. The molecule has 0 amide bonds. The summed E-state index contributed by atoms with van der Waals surface area (Å²) in [6, 6.07) is 13.6. The highest BCUT2D eigenvalue weighted by molar-refractivity contribution is 5.36. The van der Waals surface area contributed by atoms with Gasteiger partial charge in [-0.15, -0.1) is 0 Å². The summed E-state index contributed by atoms with van der Waals surface area (Å²) in [5.41, 5.74) is 0.791. The molecular formula is C28H44N2O. The molecule has 3 rings (SSSR count). The monoisotopic (exact) mass is 424 g/mol. The first-order valence-corrected chi connectivity index (χ1v) is 12.8. The average molecular weight is 425 g/mol. The molecular weight excluding hydrogens is 380 g/mol. The van der Waals surface area contributed by atoms with Gasteiger partial charge in [-0.2, -0.15) is 5.26 Å². The van der Waals surface area contributed by atoms with Crippen LogP contribution in [0.1, 0.15) is 77.7 Å². The summed E-state index contributed by atoms with van der Waals surface area (Å²) in [6.07, 6.45) is 9.71. The second kappa shape index (κ2) is 11.5. The van der Waals surface area contributed by atoms with Crippen molar-refractivity contribution in [2.75, 3.05) is 26.7 Å². The number of hydrogen-bond donors (Lipinski definition) is 0. The third-order valence-electron chi connectivity index (χ3n) is 8.53. The molecule has 0 bridgehead atoms. The van der Waals surface area contributed by atoms with E-state index in [2.05, 4.69) is 62.1 Å². The van der Waals surface area contributed by atoms with Gasteiger partial charge in [0.2, 0.25) is 0 Å². The molecule has 1 aromatic carbocycles. The fourth-order valence-corrected chi connectivity index (χ4v) is 6.48. The summed E-state index contributed by atoms with van der Waals surface area (Å²) in [6.45, 7) is 10.5. The van der Waals surface area contributed by atoms with Crippen molar-refractivity contribution in [3.05, 3.63) is 35.9 Å². The number of piperidine rings is 1. The van der Waals surface area contributed by atoms with E-state index in [0.717, 1.165) is 50.6 Å². The Morgan fingerprint density at radius 3 is 2.39 bits per heavy atom. The molecule has 2 fully saturated rings. The average Bonchev–Trinajstić information content (AvgIpc) is 3.30. The van der Waals surface area contributed by atoms with Crippen LogP contribution in [-0.2, 0) is 10.2 Å². The van der Waals surface area contributed by atoms with E-state index in [0.29, 0.717) is 11.8 Å². The summed E-state index contributed by atoms with van der Waals surface area (Å²) >= 11 is 0. The maximum absolute atomic E-state index is 10.7. The van der Waals surface area contributed by atoms with E-state index >= 15 is 0 Å². The molecule has 172 valence electrons. The van der Waals surface area contributed by atoms with Gasteiger partial charge in [0.15, 0.2) is 0 Å². The number of rotatable bonds is 10. The molecule has 3 unspecified atom stereocenters. The molecule has 1 aliphatic carbocycles. The maximum Gasteiger partial charge on any atom is 0.0904 e. The van der Waals surface area contributed by atoms with Crippen molar-refractivity contribution >= 4 is 0 Å². The summed E-state index contributed by atoms with van der Waals surface area (Å²) in [7, 11) is 1.83. The molecule has 5 atom stereocenters. The molecule has 0 radical (unpaired) electrons. The summed E-state index contributed by atoms with van der Waals surface area (Å²) in [5.74, 6) is 2.33. The van der Waals surface area contributed by atoms with Gasteiger partial charge in [-0.3, -0.25) is 0 Å². The summed E-state index contributed by atoms with van der Waals surface area (Å²) in [5, 5.41) is 10.7. The number of likely N-dealkylation sites (tertiary alicyclic amines) is 1. The van der Waals surface area contributed by atoms with E-state index in [1.54, 1.807) is 0 Å². The van der Waals surface area contributed by atoms with Gasteiger partial charge in [0.05, 0.1) is 17.6 Å². The number of hydrogen-bond acceptors (Lipinski definition) is 3. The lowest BCUT2D eigenvalue weighted by atomic mass is 9.59. The van der Waals surface area contributed by atoms with E-state index in [9.17, 15) is 5.26 Å². The van der Waals surface area contributed by atoms with E-state index in [1.165, 1.54) is 37.8 Å². The minimum atomic E-state index is -0.425. The van der Waals surface area contributed by atoms with Crippen molar-refractivity contribution in [2.24, 2.45) is 23.7 Å². The predicted octanol–water partition coefficient (Wildman–Crippen LogP) is 6.44. The molecule has 31 heavy (non-hydrogen) atoms. The van der Waals surface area contributed by atoms with E-state index in [1.807, 2.05) is 7.11 Å². The Morgan fingerprint density at radius 1 is 1.10 bits per heavy atom. The van der Waals surface area contributed by atoms with Gasteiger partial charge in [-0.05, 0) is 68.5 Å². The molecule has 1 saturated heterocycles. The highest BCUT2D eigenvalue weighted by atomic mass is 16.5. The van der Waals surface area contributed by atoms with Crippen molar-refractivity contribution in [1.29, 1.82) is 5.26 Å². The second-order valence-corrected chi connectivity index (χ2v) is 10.3. The topological polar surface area (TPSA) is 36.3 Å². The molecule has 1 aliphatic heterocycles. The minimum Gasteiger partial charge on any atom is -0.381 e. The van der Waals surface area contributed by atoms with E-state index in [-0.39, 0.29) is 6.10 Å². The normalized spacial score (nSPS) is 26.8. The fraction of sp³-hybridized carbons (Fsp3) is 0.750. The van der Waals surface area contributed by atoms with Crippen LogP contribution in [0.5, 0.6) is 0 Å². The van der Waals surface area contributed by atoms with Crippen molar-refractivity contribution in [3.8, 4) is 6.07 Å². The van der Waals surface area contributed by atoms with Crippen molar-refractivity contribution in [2.45, 2.75) is 83.7 Å². The number of nitriles is 1. The third-order valence-corrected chi connectivity index (χ3v) is 8.53. The van der Waals surface area contributed by atoms with Crippen LogP contribution < -0.4 is 0 Å². The van der Waals surface area contributed by atoms with Gasteiger partial charge >= 0.3 is 0 Å². The largest absolute Gasteiger partial charge is 0.381 e. The maximum atomic E-state index is 10.7. The van der Waals surface area contributed by atoms with Crippen LogP contribution >= 0.6 is 0 Å². The molecule has 0 aromatic heterocycles. The number of nitrogens with zero attached hydrogens (tertiary/aromatic N) is 2. The third kappa shape index (κ3) is 5.35. The Kier molecular flexibility index (Phi) is 8.99. The minimum absolute atomic E-state index is 0.206.